The van der Waals surface area contributed by atoms with Gasteiger partial charge in [0, 0.05) is 6.54 Å². The minimum absolute atomic E-state index is 0.311. The fraction of sp³-hybridized carbons (Fsp3) is 0.917. The average molecular weight is 211 g/mol. The molecule has 0 spiro atoms. The molecule has 0 aromatic rings. The van der Waals surface area contributed by atoms with Crippen LogP contribution in [0.5, 0.6) is 0 Å². The molecule has 0 aliphatic heterocycles. The van der Waals surface area contributed by atoms with Crippen LogP contribution in [0, 0.1) is 17.3 Å². The third-order valence-electron chi connectivity index (χ3n) is 4.47. The summed E-state index contributed by atoms with van der Waals surface area (Å²) < 4.78 is 0. The maximum absolute atomic E-state index is 11.1. The Morgan fingerprint density at radius 3 is 2.27 bits per heavy atom. The molecule has 0 heterocycles. The lowest BCUT2D eigenvalue weighted by Crippen LogP contribution is -2.51. The van der Waals surface area contributed by atoms with Crippen LogP contribution in [0.2, 0.25) is 0 Å². The lowest BCUT2D eigenvalue weighted by molar-refractivity contribution is -0.159. The lowest BCUT2D eigenvalue weighted by atomic mass is 9.56. The SMILES string of the molecule is NCC1(C(=O)O)CC(C2CCCCC2)C1. The zero-order valence-corrected chi connectivity index (χ0v) is 9.24. The summed E-state index contributed by atoms with van der Waals surface area (Å²) >= 11 is 0. The van der Waals surface area contributed by atoms with Crippen LogP contribution in [0.4, 0.5) is 0 Å². The molecule has 2 aliphatic rings. The van der Waals surface area contributed by atoms with Gasteiger partial charge in [-0.25, -0.2) is 0 Å². The van der Waals surface area contributed by atoms with Gasteiger partial charge in [-0.15, -0.1) is 0 Å². The van der Waals surface area contributed by atoms with Gasteiger partial charge in [0.05, 0.1) is 5.41 Å². The van der Waals surface area contributed by atoms with Crippen molar-refractivity contribution < 1.29 is 9.90 Å². The van der Waals surface area contributed by atoms with E-state index in [0.717, 1.165) is 18.8 Å². The molecule has 3 nitrogen and oxygen atoms in total. The molecule has 86 valence electrons. The molecule has 2 fully saturated rings. The first-order chi connectivity index (χ1) is 7.18. The van der Waals surface area contributed by atoms with Crippen LogP contribution in [-0.2, 0) is 4.79 Å². The summed E-state index contributed by atoms with van der Waals surface area (Å²) in [6.07, 6.45) is 8.31. The Morgan fingerprint density at radius 2 is 1.80 bits per heavy atom. The Labute approximate surface area is 91.0 Å². The molecule has 0 radical (unpaired) electrons. The molecule has 2 rings (SSSR count). The highest BCUT2D eigenvalue weighted by Gasteiger charge is 2.51. The molecule has 2 aliphatic carbocycles. The van der Waals surface area contributed by atoms with Crippen molar-refractivity contribution in [2.75, 3.05) is 6.54 Å². The van der Waals surface area contributed by atoms with E-state index in [2.05, 4.69) is 0 Å². The molecular formula is C12H21NO2. The lowest BCUT2D eigenvalue weighted by Gasteiger charge is -2.48. The van der Waals surface area contributed by atoms with Crippen LogP contribution < -0.4 is 5.73 Å². The van der Waals surface area contributed by atoms with E-state index in [-0.39, 0.29) is 0 Å². The number of hydrogen-bond acceptors (Lipinski definition) is 2. The standard InChI is InChI=1S/C12H21NO2/c13-8-12(11(14)15)6-10(7-12)9-4-2-1-3-5-9/h9-10H,1-8,13H2,(H,14,15). The van der Waals surface area contributed by atoms with Gasteiger partial charge >= 0.3 is 5.97 Å². The van der Waals surface area contributed by atoms with Crippen LogP contribution in [0.1, 0.15) is 44.9 Å². The summed E-state index contributed by atoms with van der Waals surface area (Å²) in [6.45, 7) is 0.311. The van der Waals surface area contributed by atoms with Crippen molar-refractivity contribution in [1.82, 2.24) is 0 Å². The molecule has 0 saturated heterocycles. The molecule has 3 N–H and O–H groups in total. The summed E-state index contributed by atoms with van der Waals surface area (Å²) in [5.41, 5.74) is 5.01. The highest BCUT2D eigenvalue weighted by Crippen LogP contribution is 2.51. The van der Waals surface area contributed by atoms with Crippen LogP contribution >= 0.6 is 0 Å². The van der Waals surface area contributed by atoms with E-state index < -0.39 is 11.4 Å². The van der Waals surface area contributed by atoms with Gasteiger partial charge in [-0.3, -0.25) is 4.79 Å². The van der Waals surface area contributed by atoms with Gasteiger partial charge in [-0.1, -0.05) is 32.1 Å². The number of aliphatic carboxylic acids is 1. The number of carboxylic acid groups (broad SMARTS) is 1. The molecule has 15 heavy (non-hydrogen) atoms. The van der Waals surface area contributed by atoms with Gasteiger partial charge in [0.1, 0.15) is 0 Å². The first kappa shape index (κ1) is 10.9. The van der Waals surface area contributed by atoms with E-state index in [1.165, 1.54) is 32.1 Å². The van der Waals surface area contributed by atoms with Crippen LogP contribution in [0.25, 0.3) is 0 Å². The molecule has 0 amide bonds. The fourth-order valence-corrected chi connectivity index (χ4v) is 3.31. The first-order valence-electron chi connectivity index (χ1n) is 6.11. The predicted molar refractivity (Wildman–Crippen MR) is 58.4 cm³/mol. The fourth-order valence-electron chi connectivity index (χ4n) is 3.31. The summed E-state index contributed by atoms with van der Waals surface area (Å²) in [4.78, 5) is 11.1. The van der Waals surface area contributed by atoms with Gasteiger partial charge in [-0.2, -0.15) is 0 Å². The molecule has 0 atom stereocenters. The third-order valence-corrected chi connectivity index (χ3v) is 4.47. The van der Waals surface area contributed by atoms with Crippen molar-refractivity contribution in [3.05, 3.63) is 0 Å². The number of hydrogen-bond donors (Lipinski definition) is 2. The molecule has 0 unspecified atom stereocenters. The quantitative estimate of drug-likeness (QED) is 0.750. The highest BCUT2D eigenvalue weighted by molar-refractivity contribution is 5.76. The Hall–Kier alpha value is -0.570. The molecule has 3 heteroatoms. The Morgan fingerprint density at radius 1 is 1.20 bits per heavy atom. The second-order valence-corrected chi connectivity index (χ2v) is 5.36. The maximum atomic E-state index is 11.1. The monoisotopic (exact) mass is 211 g/mol. The molecule has 2 saturated carbocycles. The Kier molecular flexibility index (Phi) is 3.01. The summed E-state index contributed by atoms with van der Waals surface area (Å²) in [5, 5.41) is 9.12. The average Bonchev–Trinajstić information content (AvgIpc) is 2.18. The molecule has 0 aromatic carbocycles. The van der Waals surface area contributed by atoms with Gasteiger partial charge in [-0.05, 0) is 24.7 Å². The summed E-state index contributed by atoms with van der Waals surface area (Å²) in [6, 6.07) is 0. The van der Waals surface area contributed by atoms with Gasteiger partial charge < -0.3 is 10.8 Å². The van der Waals surface area contributed by atoms with E-state index >= 15 is 0 Å². The van der Waals surface area contributed by atoms with E-state index in [9.17, 15) is 4.79 Å². The van der Waals surface area contributed by atoms with Gasteiger partial charge in [0.15, 0.2) is 0 Å². The van der Waals surface area contributed by atoms with Gasteiger partial charge in [0.2, 0.25) is 0 Å². The van der Waals surface area contributed by atoms with E-state index in [1.807, 2.05) is 0 Å². The second-order valence-electron chi connectivity index (χ2n) is 5.36. The van der Waals surface area contributed by atoms with Crippen LogP contribution in [0.3, 0.4) is 0 Å². The van der Waals surface area contributed by atoms with E-state index in [4.69, 9.17) is 10.8 Å². The number of carboxylic acids is 1. The minimum Gasteiger partial charge on any atom is -0.481 e. The maximum Gasteiger partial charge on any atom is 0.310 e. The smallest absolute Gasteiger partial charge is 0.310 e. The van der Waals surface area contributed by atoms with E-state index in [1.54, 1.807) is 0 Å². The first-order valence-corrected chi connectivity index (χ1v) is 6.11. The van der Waals surface area contributed by atoms with Crippen molar-refractivity contribution in [2.45, 2.75) is 44.9 Å². The van der Waals surface area contributed by atoms with Crippen molar-refractivity contribution in [3.63, 3.8) is 0 Å². The minimum atomic E-state index is -0.683. The van der Waals surface area contributed by atoms with Crippen molar-refractivity contribution in [2.24, 2.45) is 23.0 Å². The Balaban J connectivity index is 1.88. The molecule has 0 aromatic heterocycles. The zero-order chi connectivity index (χ0) is 10.9. The number of nitrogens with two attached hydrogens (primary N) is 1. The Bertz CT molecular complexity index is 240. The van der Waals surface area contributed by atoms with E-state index in [0.29, 0.717) is 12.5 Å². The normalized spacial score (nSPS) is 37.3. The predicted octanol–water partition coefficient (Wildman–Crippen LogP) is 2.01. The van der Waals surface area contributed by atoms with Crippen LogP contribution in [0.15, 0.2) is 0 Å². The number of carbonyl (C=O) groups is 1. The van der Waals surface area contributed by atoms with Crippen molar-refractivity contribution >= 4 is 5.97 Å². The summed E-state index contributed by atoms with van der Waals surface area (Å²) in [7, 11) is 0. The number of rotatable bonds is 3. The van der Waals surface area contributed by atoms with Crippen LogP contribution in [-0.4, -0.2) is 17.6 Å². The van der Waals surface area contributed by atoms with Gasteiger partial charge in [0.25, 0.3) is 0 Å². The zero-order valence-electron chi connectivity index (χ0n) is 9.24. The third kappa shape index (κ3) is 1.89. The van der Waals surface area contributed by atoms with Crippen molar-refractivity contribution in [1.29, 1.82) is 0 Å². The largest absolute Gasteiger partial charge is 0.481 e. The summed E-state index contributed by atoms with van der Waals surface area (Å²) in [5.74, 6) is 0.750. The second kappa shape index (κ2) is 4.12. The highest BCUT2D eigenvalue weighted by atomic mass is 16.4. The molecular weight excluding hydrogens is 190 g/mol. The van der Waals surface area contributed by atoms with Crippen molar-refractivity contribution in [3.8, 4) is 0 Å². The topological polar surface area (TPSA) is 63.3 Å². The molecule has 0 bridgehead atoms.